The van der Waals surface area contributed by atoms with Crippen molar-refractivity contribution in [1.29, 1.82) is 0 Å². The summed E-state index contributed by atoms with van der Waals surface area (Å²) in [5.41, 5.74) is 1.62. The van der Waals surface area contributed by atoms with Gasteiger partial charge in [0.15, 0.2) is 5.58 Å². The molecule has 0 aliphatic rings. The number of halogens is 3. The first-order chi connectivity index (χ1) is 10.0. The van der Waals surface area contributed by atoms with Crippen LogP contribution in [-0.4, -0.2) is 4.98 Å². The second-order valence-corrected chi connectivity index (χ2v) is 5.36. The molecule has 0 saturated carbocycles. The maximum atomic E-state index is 12.5. The number of hydrogen-bond donors (Lipinski definition) is 0. The van der Waals surface area contributed by atoms with E-state index < -0.39 is 11.7 Å². The Morgan fingerprint density at radius 2 is 1.71 bits per heavy atom. The van der Waals surface area contributed by atoms with Gasteiger partial charge in [-0.15, -0.1) is 0 Å². The molecule has 0 aliphatic carbocycles. The minimum absolute atomic E-state index is 0.505. The molecule has 21 heavy (non-hydrogen) atoms. The second kappa shape index (κ2) is 5.44. The van der Waals surface area contributed by atoms with Crippen LogP contribution in [0.15, 0.2) is 58.2 Å². The van der Waals surface area contributed by atoms with Crippen LogP contribution in [0.2, 0.25) is 0 Å². The fourth-order valence-corrected chi connectivity index (χ4v) is 2.64. The third-order valence-electron chi connectivity index (χ3n) is 2.92. The zero-order chi connectivity index (χ0) is 14.9. The van der Waals surface area contributed by atoms with Crippen LogP contribution in [0.3, 0.4) is 0 Å². The number of hydrogen-bond acceptors (Lipinski definition) is 3. The van der Waals surface area contributed by atoms with Gasteiger partial charge < -0.3 is 4.42 Å². The molecule has 0 unspecified atom stereocenters. The quantitative estimate of drug-likeness (QED) is 0.627. The number of oxazole rings is 1. The Kier molecular flexibility index (Phi) is 3.63. The van der Waals surface area contributed by atoms with Crippen LogP contribution in [0.5, 0.6) is 0 Å². The Morgan fingerprint density at radius 1 is 1.00 bits per heavy atom. The van der Waals surface area contributed by atoms with Crippen LogP contribution in [0.4, 0.5) is 13.2 Å². The molecule has 108 valence electrons. The van der Waals surface area contributed by atoms with Crippen LogP contribution >= 0.6 is 11.8 Å². The molecule has 0 bridgehead atoms. The van der Waals surface area contributed by atoms with Crippen LogP contribution in [0.1, 0.15) is 11.1 Å². The molecule has 0 fully saturated rings. The van der Waals surface area contributed by atoms with E-state index in [0.29, 0.717) is 16.6 Å². The highest BCUT2D eigenvalue weighted by Crippen LogP contribution is 2.30. The molecule has 0 N–H and O–H groups in total. The average molecular weight is 309 g/mol. The van der Waals surface area contributed by atoms with Gasteiger partial charge in [0, 0.05) is 5.75 Å². The molecule has 1 aromatic heterocycles. The lowest BCUT2D eigenvalue weighted by Gasteiger charge is -2.06. The van der Waals surface area contributed by atoms with E-state index in [1.54, 1.807) is 0 Å². The summed E-state index contributed by atoms with van der Waals surface area (Å²) in [6.07, 6.45) is -4.30. The summed E-state index contributed by atoms with van der Waals surface area (Å²) >= 11 is 1.35. The molecule has 0 atom stereocenters. The van der Waals surface area contributed by atoms with Gasteiger partial charge >= 0.3 is 6.18 Å². The number of benzene rings is 2. The van der Waals surface area contributed by atoms with E-state index in [4.69, 9.17) is 4.42 Å². The van der Waals surface area contributed by atoms with Gasteiger partial charge in [-0.3, -0.25) is 0 Å². The Hall–Kier alpha value is -1.95. The van der Waals surface area contributed by atoms with Gasteiger partial charge in [-0.05, 0) is 29.8 Å². The van der Waals surface area contributed by atoms with Crippen molar-refractivity contribution in [3.8, 4) is 0 Å². The molecular formula is C15H10F3NOS. The standard InChI is InChI=1S/C15H10F3NOS/c16-15(17,18)11-7-5-10(6-8-11)9-21-14-19-12-3-1-2-4-13(12)20-14/h1-8H,9H2. The van der Waals surface area contributed by atoms with Crippen molar-refractivity contribution in [1.82, 2.24) is 4.98 Å². The first-order valence-electron chi connectivity index (χ1n) is 6.17. The van der Waals surface area contributed by atoms with Gasteiger partial charge in [0.05, 0.1) is 5.56 Å². The molecule has 0 spiro atoms. The number of rotatable bonds is 3. The van der Waals surface area contributed by atoms with Crippen LogP contribution in [0, 0.1) is 0 Å². The summed E-state index contributed by atoms with van der Waals surface area (Å²) in [5.74, 6) is 0.505. The van der Waals surface area contributed by atoms with Gasteiger partial charge in [-0.1, -0.05) is 36.0 Å². The van der Waals surface area contributed by atoms with Crippen LogP contribution < -0.4 is 0 Å². The van der Waals surface area contributed by atoms with E-state index in [0.717, 1.165) is 23.2 Å². The predicted molar refractivity (Wildman–Crippen MR) is 75.0 cm³/mol. The van der Waals surface area contributed by atoms with Crippen molar-refractivity contribution in [2.75, 3.05) is 0 Å². The van der Waals surface area contributed by atoms with Crippen LogP contribution in [0.25, 0.3) is 11.1 Å². The zero-order valence-electron chi connectivity index (χ0n) is 10.7. The lowest BCUT2D eigenvalue weighted by molar-refractivity contribution is -0.137. The number of aromatic nitrogens is 1. The van der Waals surface area contributed by atoms with Crippen LogP contribution in [-0.2, 0) is 11.9 Å². The van der Waals surface area contributed by atoms with Gasteiger partial charge in [0.2, 0.25) is 0 Å². The summed E-state index contributed by atoms with van der Waals surface area (Å²) in [7, 11) is 0. The average Bonchev–Trinajstić information content (AvgIpc) is 2.87. The minimum atomic E-state index is -4.30. The Morgan fingerprint density at radius 3 is 2.38 bits per heavy atom. The normalized spacial score (nSPS) is 12.0. The maximum Gasteiger partial charge on any atom is 0.416 e. The molecule has 1 heterocycles. The Labute approximate surface area is 123 Å². The van der Waals surface area contributed by atoms with E-state index in [2.05, 4.69) is 4.98 Å². The monoisotopic (exact) mass is 309 g/mol. The first kappa shape index (κ1) is 14.0. The zero-order valence-corrected chi connectivity index (χ0v) is 11.5. The van der Waals surface area contributed by atoms with E-state index in [1.807, 2.05) is 24.3 Å². The molecule has 0 saturated heterocycles. The summed E-state index contributed by atoms with van der Waals surface area (Å²) in [6, 6.07) is 12.5. The minimum Gasteiger partial charge on any atom is -0.431 e. The fourth-order valence-electron chi connectivity index (χ4n) is 1.85. The lowest BCUT2D eigenvalue weighted by atomic mass is 10.1. The third-order valence-corrected chi connectivity index (χ3v) is 3.82. The molecule has 2 nitrogen and oxygen atoms in total. The number of fused-ring (bicyclic) bond motifs is 1. The molecular weight excluding hydrogens is 299 g/mol. The van der Waals surface area contributed by atoms with Gasteiger partial charge in [0.25, 0.3) is 5.22 Å². The van der Waals surface area contributed by atoms with E-state index in [-0.39, 0.29) is 0 Å². The fraction of sp³-hybridized carbons (Fsp3) is 0.133. The summed E-state index contributed by atoms with van der Waals surface area (Å²) in [4.78, 5) is 4.30. The Balaban J connectivity index is 1.69. The van der Waals surface area contributed by atoms with E-state index >= 15 is 0 Å². The highest BCUT2D eigenvalue weighted by Gasteiger charge is 2.29. The molecule has 0 aliphatic heterocycles. The third kappa shape index (κ3) is 3.21. The SMILES string of the molecule is FC(F)(F)c1ccc(CSc2nc3ccccc3o2)cc1. The summed E-state index contributed by atoms with van der Waals surface area (Å²) in [5, 5.41) is 0.510. The largest absolute Gasteiger partial charge is 0.431 e. The topological polar surface area (TPSA) is 26.0 Å². The Bertz CT molecular complexity index is 716. The van der Waals surface area contributed by atoms with Crippen molar-refractivity contribution in [2.45, 2.75) is 17.2 Å². The van der Waals surface area contributed by atoms with Crippen molar-refractivity contribution < 1.29 is 17.6 Å². The van der Waals surface area contributed by atoms with E-state index in [9.17, 15) is 13.2 Å². The van der Waals surface area contributed by atoms with Gasteiger partial charge in [-0.25, -0.2) is 4.98 Å². The number of thioether (sulfide) groups is 1. The number of para-hydroxylation sites is 2. The summed E-state index contributed by atoms with van der Waals surface area (Å²) in [6.45, 7) is 0. The van der Waals surface area contributed by atoms with Gasteiger partial charge in [-0.2, -0.15) is 13.2 Å². The molecule has 3 rings (SSSR count). The second-order valence-electron chi connectivity index (χ2n) is 4.43. The van der Waals surface area contributed by atoms with Crippen molar-refractivity contribution in [2.24, 2.45) is 0 Å². The molecule has 0 amide bonds. The van der Waals surface area contributed by atoms with Gasteiger partial charge in [0.1, 0.15) is 5.52 Å². The highest BCUT2D eigenvalue weighted by atomic mass is 32.2. The van der Waals surface area contributed by atoms with Crippen molar-refractivity contribution in [3.63, 3.8) is 0 Å². The number of nitrogens with zero attached hydrogens (tertiary/aromatic N) is 1. The number of alkyl halides is 3. The molecule has 6 heteroatoms. The van der Waals surface area contributed by atoms with E-state index in [1.165, 1.54) is 23.9 Å². The summed E-state index contributed by atoms with van der Waals surface area (Å²) < 4.78 is 42.9. The molecule has 2 aromatic carbocycles. The first-order valence-corrected chi connectivity index (χ1v) is 7.15. The smallest absolute Gasteiger partial charge is 0.416 e. The maximum absolute atomic E-state index is 12.5. The highest BCUT2D eigenvalue weighted by molar-refractivity contribution is 7.98. The molecule has 3 aromatic rings. The van der Waals surface area contributed by atoms with Crippen molar-refractivity contribution >= 4 is 22.9 Å². The lowest BCUT2D eigenvalue weighted by Crippen LogP contribution is -2.04. The predicted octanol–water partition coefficient (Wildman–Crippen LogP) is 5.14. The molecule has 0 radical (unpaired) electrons. The van der Waals surface area contributed by atoms with Crippen molar-refractivity contribution in [3.05, 3.63) is 59.7 Å².